The first-order valence-electron chi connectivity index (χ1n) is 6.43. The van der Waals surface area contributed by atoms with Crippen LogP contribution in [-0.2, 0) is 12.6 Å². The van der Waals surface area contributed by atoms with Crippen molar-refractivity contribution in [2.75, 3.05) is 5.73 Å². The predicted octanol–water partition coefficient (Wildman–Crippen LogP) is 4.41. The van der Waals surface area contributed by atoms with Crippen LogP contribution in [0, 0.1) is 0 Å². The molecule has 0 fully saturated rings. The normalized spacial score (nSPS) is 12.0. The number of aromatic nitrogens is 2. The third kappa shape index (κ3) is 2.74. The number of nitrogens with one attached hydrogen (secondary N) is 1. The Kier molecular flexibility index (Phi) is 3.48. The Hall–Kier alpha value is -2.21. The number of alkyl halides is 3. The SMILES string of the molecule is Nc1nc2c(Cc3ccc(Cl)cc3)c(C(F)(F)F)ccc2[nH]1. The van der Waals surface area contributed by atoms with Crippen molar-refractivity contribution in [3.63, 3.8) is 0 Å². The third-order valence-electron chi connectivity index (χ3n) is 3.38. The summed E-state index contributed by atoms with van der Waals surface area (Å²) in [6, 6.07) is 9.05. The molecule has 3 rings (SSSR count). The quantitative estimate of drug-likeness (QED) is 0.733. The van der Waals surface area contributed by atoms with Crippen LogP contribution in [0.15, 0.2) is 36.4 Å². The van der Waals surface area contributed by atoms with Gasteiger partial charge in [0, 0.05) is 11.4 Å². The highest BCUT2D eigenvalue weighted by Gasteiger charge is 2.34. The fourth-order valence-corrected chi connectivity index (χ4v) is 2.53. The molecule has 3 nitrogen and oxygen atoms in total. The maximum Gasteiger partial charge on any atom is 0.416 e. The zero-order chi connectivity index (χ0) is 15.9. The van der Waals surface area contributed by atoms with Crippen molar-refractivity contribution in [1.29, 1.82) is 0 Å². The summed E-state index contributed by atoms with van der Waals surface area (Å²) in [5, 5.41) is 0.530. The number of H-pyrrole nitrogens is 1. The Morgan fingerprint density at radius 3 is 2.41 bits per heavy atom. The number of nitrogens with zero attached hydrogens (tertiary/aromatic N) is 1. The lowest BCUT2D eigenvalue weighted by molar-refractivity contribution is -0.138. The zero-order valence-corrected chi connectivity index (χ0v) is 12.0. The van der Waals surface area contributed by atoms with Gasteiger partial charge in [-0.3, -0.25) is 0 Å². The first kappa shape index (κ1) is 14.7. The number of aromatic amines is 1. The minimum absolute atomic E-state index is 0.0895. The van der Waals surface area contributed by atoms with Crippen LogP contribution < -0.4 is 5.73 Å². The zero-order valence-electron chi connectivity index (χ0n) is 11.2. The third-order valence-corrected chi connectivity index (χ3v) is 3.63. The fourth-order valence-electron chi connectivity index (χ4n) is 2.40. The average molecular weight is 326 g/mol. The van der Waals surface area contributed by atoms with Crippen LogP contribution in [0.4, 0.5) is 19.1 Å². The summed E-state index contributed by atoms with van der Waals surface area (Å²) in [7, 11) is 0. The summed E-state index contributed by atoms with van der Waals surface area (Å²) in [4.78, 5) is 6.75. The molecule has 1 heterocycles. The van der Waals surface area contributed by atoms with E-state index in [1.807, 2.05) is 0 Å². The minimum atomic E-state index is -4.45. The van der Waals surface area contributed by atoms with Gasteiger partial charge in [-0.2, -0.15) is 13.2 Å². The van der Waals surface area contributed by atoms with Gasteiger partial charge in [0.2, 0.25) is 0 Å². The van der Waals surface area contributed by atoms with Crippen molar-refractivity contribution in [2.24, 2.45) is 0 Å². The summed E-state index contributed by atoms with van der Waals surface area (Å²) in [6.07, 6.45) is -4.36. The molecule has 0 amide bonds. The molecule has 0 radical (unpaired) electrons. The van der Waals surface area contributed by atoms with Crippen LogP contribution in [0.5, 0.6) is 0 Å². The van der Waals surface area contributed by atoms with Crippen LogP contribution in [0.2, 0.25) is 5.02 Å². The maximum absolute atomic E-state index is 13.3. The van der Waals surface area contributed by atoms with E-state index >= 15 is 0 Å². The van der Waals surface area contributed by atoms with Gasteiger partial charge in [-0.15, -0.1) is 0 Å². The highest BCUT2D eigenvalue weighted by Crippen LogP contribution is 2.36. The minimum Gasteiger partial charge on any atom is -0.369 e. The van der Waals surface area contributed by atoms with Crippen molar-refractivity contribution in [3.05, 3.63) is 58.1 Å². The van der Waals surface area contributed by atoms with Crippen LogP contribution in [0.3, 0.4) is 0 Å². The largest absolute Gasteiger partial charge is 0.416 e. The van der Waals surface area contributed by atoms with E-state index < -0.39 is 11.7 Å². The number of fused-ring (bicyclic) bond motifs is 1. The molecule has 0 atom stereocenters. The van der Waals surface area contributed by atoms with E-state index in [1.54, 1.807) is 24.3 Å². The summed E-state index contributed by atoms with van der Waals surface area (Å²) in [5.41, 5.74) is 6.39. The Bertz CT molecular complexity index is 822. The summed E-state index contributed by atoms with van der Waals surface area (Å²) in [6.45, 7) is 0. The number of hydrogen-bond donors (Lipinski definition) is 2. The van der Waals surface area contributed by atoms with Crippen molar-refractivity contribution in [1.82, 2.24) is 9.97 Å². The van der Waals surface area contributed by atoms with Crippen LogP contribution in [0.25, 0.3) is 11.0 Å². The lowest BCUT2D eigenvalue weighted by atomic mass is 9.98. The number of hydrogen-bond acceptors (Lipinski definition) is 2. The summed E-state index contributed by atoms with van der Waals surface area (Å²) < 4.78 is 39.8. The van der Waals surface area contributed by atoms with Gasteiger partial charge in [0.05, 0.1) is 16.6 Å². The molecule has 22 heavy (non-hydrogen) atoms. The molecule has 0 saturated heterocycles. The van der Waals surface area contributed by atoms with E-state index in [4.69, 9.17) is 17.3 Å². The molecule has 0 bridgehead atoms. The summed E-state index contributed by atoms with van der Waals surface area (Å²) in [5.74, 6) is 0.0895. The lowest BCUT2D eigenvalue weighted by Crippen LogP contribution is -2.10. The van der Waals surface area contributed by atoms with E-state index in [9.17, 15) is 13.2 Å². The molecule has 2 aromatic carbocycles. The number of anilines is 1. The van der Waals surface area contributed by atoms with Gasteiger partial charge < -0.3 is 10.7 Å². The van der Waals surface area contributed by atoms with E-state index in [1.165, 1.54) is 6.07 Å². The van der Waals surface area contributed by atoms with Gasteiger partial charge in [0.1, 0.15) is 0 Å². The Morgan fingerprint density at radius 1 is 1.09 bits per heavy atom. The second-order valence-corrected chi connectivity index (χ2v) is 5.35. The first-order valence-corrected chi connectivity index (χ1v) is 6.81. The molecule has 0 unspecified atom stereocenters. The van der Waals surface area contributed by atoms with Crippen molar-refractivity contribution in [2.45, 2.75) is 12.6 Å². The van der Waals surface area contributed by atoms with Gasteiger partial charge >= 0.3 is 6.18 Å². The predicted molar refractivity (Wildman–Crippen MR) is 79.8 cm³/mol. The van der Waals surface area contributed by atoms with Crippen molar-refractivity contribution in [3.8, 4) is 0 Å². The van der Waals surface area contributed by atoms with Gasteiger partial charge in [0.25, 0.3) is 0 Å². The molecule has 0 spiro atoms. The van der Waals surface area contributed by atoms with Crippen molar-refractivity contribution < 1.29 is 13.2 Å². The van der Waals surface area contributed by atoms with E-state index in [2.05, 4.69) is 9.97 Å². The highest BCUT2D eigenvalue weighted by molar-refractivity contribution is 6.30. The second kappa shape index (κ2) is 5.21. The number of imidazole rings is 1. The molecular weight excluding hydrogens is 315 g/mol. The van der Waals surface area contributed by atoms with Gasteiger partial charge in [-0.25, -0.2) is 4.98 Å². The molecule has 7 heteroatoms. The molecule has 0 aliphatic rings. The van der Waals surface area contributed by atoms with E-state index in [-0.39, 0.29) is 23.4 Å². The monoisotopic (exact) mass is 325 g/mol. The number of nitrogens with two attached hydrogens (primary N) is 1. The molecular formula is C15H11ClF3N3. The van der Waals surface area contributed by atoms with Gasteiger partial charge in [-0.1, -0.05) is 23.7 Å². The number of rotatable bonds is 2. The molecule has 0 saturated carbocycles. The molecule has 0 aliphatic carbocycles. The van der Waals surface area contributed by atoms with Gasteiger partial charge in [0.15, 0.2) is 5.95 Å². The molecule has 114 valence electrons. The Labute approximate surface area is 128 Å². The smallest absolute Gasteiger partial charge is 0.369 e. The first-order chi connectivity index (χ1) is 10.3. The van der Waals surface area contributed by atoms with Crippen LogP contribution in [-0.4, -0.2) is 9.97 Å². The molecule has 0 aliphatic heterocycles. The average Bonchev–Trinajstić information content (AvgIpc) is 2.81. The van der Waals surface area contributed by atoms with Crippen LogP contribution in [0.1, 0.15) is 16.7 Å². The van der Waals surface area contributed by atoms with E-state index in [0.717, 1.165) is 6.07 Å². The van der Waals surface area contributed by atoms with Gasteiger partial charge in [-0.05, 0) is 35.4 Å². The molecule has 1 aromatic heterocycles. The van der Waals surface area contributed by atoms with E-state index in [0.29, 0.717) is 16.1 Å². The lowest BCUT2D eigenvalue weighted by Gasteiger charge is -2.13. The van der Waals surface area contributed by atoms with Crippen LogP contribution >= 0.6 is 11.6 Å². The Balaban J connectivity index is 2.17. The highest BCUT2D eigenvalue weighted by atomic mass is 35.5. The second-order valence-electron chi connectivity index (χ2n) is 4.91. The standard InChI is InChI=1S/C15H11ClF3N3/c16-9-3-1-8(2-4-9)7-10-11(15(17,18)19)5-6-12-13(10)22-14(20)21-12/h1-6H,7H2,(H3,20,21,22). The molecule has 3 N–H and O–H groups in total. The number of nitrogen functional groups attached to an aromatic ring is 1. The summed E-state index contributed by atoms with van der Waals surface area (Å²) >= 11 is 5.80. The fraction of sp³-hybridized carbons (Fsp3) is 0.133. The topological polar surface area (TPSA) is 54.7 Å². The van der Waals surface area contributed by atoms with Crippen molar-refractivity contribution >= 4 is 28.6 Å². The number of benzene rings is 2. The number of halogens is 4. The Morgan fingerprint density at radius 2 is 1.77 bits per heavy atom. The maximum atomic E-state index is 13.3. The molecule has 3 aromatic rings.